The molecule has 1 unspecified atom stereocenters. The number of benzene rings is 1. The van der Waals surface area contributed by atoms with Crippen LogP contribution in [0.3, 0.4) is 0 Å². The molecule has 1 saturated carbocycles. The summed E-state index contributed by atoms with van der Waals surface area (Å²) in [6.07, 6.45) is 3.58. The van der Waals surface area contributed by atoms with Crippen molar-refractivity contribution < 1.29 is 8.78 Å². The highest BCUT2D eigenvalue weighted by Crippen LogP contribution is 2.37. The van der Waals surface area contributed by atoms with Crippen molar-refractivity contribution in [3.8, 4) is 0 Å². The fourth-order valence-electron chi connectivity index (χ4n) is 2.66. The zero-order valence-electron chi connectivity index (χ0n) is 10.4. The molecular weight excluding hydrogens is 220 g/mol. The first-order chi connectivity index (χ1) is 7.97. The van der Waals surface area contributed by atoms with Crippen LogP contribution in [0.4, 0.5) is 8.78 Å². The molecule has 1 aromatic rings. The molecule has 1 N–H and O–H groups in total. The molecule has 1 atom stereocenters. The molecule has 1 nitrogen and oxygen atoms in total. The molecule has 1 aliphatic carbocycles. The van der Waals surface area contributed by atoms with Gasteiger partial charge in [0.15, 0.2) is 0 Å². The molecule has 1 fully saturated rings. The van der Waals surface area contributed by atoms with Gasteiger partial charge in [0.2, 0.25) is 0 Å². The van der Waals surface area contributed by atoms with Crippen molar-refractivity contribution >= 4 is 0 Å². The Morgan fingerprint density at radius 2 is 1.88 bits per heavy atom. The maximum absolute atomic E-state index is 13.0. The van der Waals surface area contributed by atoms with Crippen LogP contribution >= 0.6 is 0 Å². The third kappa shape index (κ3) is 3.03. The molecule has 0 radical (unpaired) electrons. The van der Waals surface area contributed by atoms with Gasteiger partial charge in [-0.15, -0.1) is 0 Å². The number of rotatable bonds is 3. The second-order valence-electron chi connectivity index (χ2n) is 5.59. The van der Waals surface area contributed by atoms with Crippen molar-refractivity contribution in [2.75, 3.05) is 0 Å². The number of nitrogens with one attached hydrogen (secondary N) is 1. The Balaban J connectivity index is 1.98. The lowest BCUT2D eigenvalue weighted by molar-refractivity contribution is 0.282. The van der Waals surface area contributed by atoms with E-state index in [2.05, 4.69) is 19.2 Å². The summed E-state index contributed by atoms with van der Waals surface area (Å²) >= 11 is 0. The number of hydrogen-bond donors (Lipinski definition) is 1. The highest BCUT2D eigenvalue weighted by atomic mass is 19.1. The molecule has 0 spiro atoms. The van der Waals surface area contributed by atoms with E-state index in [4.69, 9.17) is 0 Å². The van der Waals surface area contributed by atoms with Crippen LogP contribution in [0.1, 0.15) is 38.7 Å². The molecule has 94 valence electrons. The van der Waals surface area contributed by atoms with Crippen molar-refractivity contribution in [2.45, 2.75) is 45.7 Å². The van der Waals surface area contributed by atoms with E-state index in [0.717, 1.165) is 12.5 Å². The molecule has 1 aromatic carbocycles. The van der Waals surface area contributed by atoms with Gasteiger partial charge in [-0.25, -0.2) is 8.78 Å². The van der Waals surface area contributed by atoms with Crippen LogP contribution in [0.25, 0.3) is 0 Å². The summed E-state index contributed by atoms with van der Waals surface area (Å²) in [4.78, 5) is 0. The first-order valence-corrected chi connectivity index (χ1v) is 6.16. The summed E-state index contributed by atoms with van der Waals surface area (Å²) < 4.78 is 26.0. The summed E-state index contributed by atoms with van der Waals surface area (Å²) in [6, 6.07) is 4.12. The lowest BCUT2D eigenvalue weighted by Crippen LogP contribution is -2.37. The van der Waals surface area contributed by atoms with Crippen molar-refractivity contribution in [2.24, 2.45) is 5.41 Å². The zero-order chi connectivity index (χ0) is 12.5. The zero-order valence-corrected chi connectivity index (χ0v) is 10.4. The van der Waals surface area contributed by atoms with Crippen LogP contribution in [0, 0.1) is 17.0 Å². The quantitative estimate of drug-likeness (QED) is 0.849. The van der Waals surface area contributed by atoms with E-state index in [1.807, 2.05) is 0 Å². The van der Waals surface area contributed by atoms with Crippen molar-refractivity contribution in [3.05, 3.63) is 35.4 Å². The molecule has 0 heterocycles. The Bertz CT molecular complexity index is 381. The summed E-state index contributed by atoms with van der Waals surface area (Å²) in [7, 11) is 0. The Morgan fingerprint density at radius 3 is 2.41 bits per heavy atom. The maximum Gasteiger partial charge on any atom is 0.126 e. The van der Waals surface area contributed by atoms with Gasteiger partial charge >= 0.3 is 0 Å². The van der Waals surface area contributed by atoms with Crippen molar-refractivity contribution in [3.63, 3.8) is 0 Å². The smallest absolute Gasteiger partial charge is 0.126 e. The van der Waals surface area contributed by atoms with Crippen molar-refractivity contribution in [1.82, 2.24) is 5.32 Å². The molecule has 17 heavy (non-hydrogen) atoms. The van der Waals surface area contributed by atoms with E-state index in [0.29, 0.717) is 18.2 Å². The van der Waals surface area contributed by atoms with E-state index >= 15 is 0 Å². The number of hydrogen-bond acceptors (Lipinski definition) is 1. The maximum atomic E-state index is 13.0. The Morgan fingerprint density at radius 1 is 1.24 bits per heavy atom. The summed E-state index contributed by atoms with van der Waals surface area (Å²) in [5.74, 6) is -1.01. The largest absolute Gasteiger partial charge is 0.309 e. The molecule has 0 saturated heterocycles. The van der Waals surface area contributed by atoms with Crippen LogP contribution in [-0.4, -0.2) is 6.04 Å². The monoisotopic (exact) mass is 239 g/mol. The molecule has 3 heteroatoms. The number of halogens is 2. The van der Waals surface area contributed by atoms with E-state index in [9.17, 15) is 8.78 Å². The van der Waals surface area contributed by atoms with Gasteiger partial charge in [-0.2, -0.15) is 0 Å². The van der Waals surface area contributed by atoms with E-state index in [1.54, 1.807) is 0 Å². The fourth-order valence-corrected chi connectivity index (χ4v) is 2.66. The molecule has 0 aromatic heterocycles. The standard InChI is InChI=1S/C14H19F2N/c1-14(2)5-3-4-13(14)17-9-10-6-11(15)8-12(16)7-10/h6-8,13,17H,3-5,9H2,1-2H3. The van der Waals surface area contributed by atoms with Gasteiger partial charge in [-0.05, 0) is 36.0 Å². The molecule has 0 bridgehead atoms. The van der Waals surface area contributed by atoms with Crippen molar-refractivity contribution in [1.29, 1.82) is 0 Å². The highest BCUT2D eigenvalue weighted by Gasteiger charge is 2.33. The molecule has 0 amide bonds. The van der Waals surface area contributed by atoms with Crippen LogP contribution < -0.4 is 5.32 Å². The third-order valence-electron chi connectivity index (χ3n) is 3.73. The average Bonchev–Trinajstić information content (AvgIpc) is 2.53. The first-order valence-electron chi connectivity index (χ1n) is 6.16. The average molecular weight is 239 g/mol. The topological polar surface area (TPSA) is 12.0 Å². The lowest BCUT2D eigenvalue weighted by Gasteiger charge is -2.28. The summed E-state index contributed by atoms with van der Waals surface area (Å²) in [5, 5.41) is 3.41. The summed E-state index contributed by atoms with van der Waals surface area (Å²) in [5.41, 5.74) is 0.955. The fraction of sp³-hybridized carbons (Fsp3) is 0.571. The third-order valence-corrected chi connectivity index (χ3v) is 3.73. The minimum atomic E-state index is -0.507. The van der Waals surface area contributed by atoms with Gasteiger partial charge < -0.3 is 5.32 Å². The molecule has 1 aliphatic rings. The SMILES string of the molecule is CC1(C)CCCC1NCc1cc(F)cc(F)c1. The van der Waals surface area contributed by atoms with Gasteiger partial charge in [0.25, 0.3) is 0 Å². The Hall–Kier alpha value is -0.960. The minimum Gasteiger partial charge on any atom is -0.309 e. The van der Waals surface area contributed by atoms with E-state index in [-0.39, 0.29) is 5.41 Å². The summed E-state index contributed by atoms with van der Waals surface area (Å²) in [6.45, 7) is 5.01. The van der Waals surface area contributed by atoms with Gasteiger partial charge in [-0.3, -0.25) is 0 Å². The predicted molar refractivity (Wildman–Crippen MR) is 64.6 cm³/mol. The van der Waals surface area contributed by atoms with Crippen LogP contribution in [0.2, 0.25) is 0 Å². The Labute approximate surface area is 101 Å². The van der Waals surface area contributed by atoms with Gasteiger partial charge in [0.05, 0.1) is 0 Å². The Kier molecular flexibility index (Phi) is 3.48. The van der Waals surface area contributed by atoms with E-state index in [1.165, 1.54) is 25.0 Å². The predicted octanol–water partition coefficient (Wildman–Crippen LogP) is 3.63. The second-order valence-corrected chi connectivity index (χ2v) is 5.59. The lowest BCUT2D eigenvalue weighted by atomic mass is 9.87. The highest BCUT2D eigenvalue weighted by molar-refractivity contribution is 5.17. The first kappa shape index (κ1) is 12.5. The van der Waals surface area contributed by atoms with E-state index < -0.39 is 11.6 Å². The van der Waals surface area contributed by atoms with Gasteiger partial charge in [0, 0.05) is 18.7 Å². The van der Waals surface area contributed by atoms with Crippen LogP contribution in [0.5, 0.6) is 0 Å². The van der Waals surface area contributed by atoms with Crippen LogP contribution in [-0.2, 0) is 6.54 Å². The molecule has 0 aliphatic heterocycles. The molecule has 2 rings (SSSR count). The van der Waals surface area contributed by atoms with Gasteiger partial charge in [-0.1, -0.05) is 20.3 Å². The molecular formula is C14H19F2N. The second kappa shape index (κ2) is 4.73. The normalized spacial score (nSPS) is 22.9. The minimum absolute atomic E-state index is 0.284. The van der Waals surface area contributed by atoms with Crippen LogP contribution in [0.15, 0.2) is 18.2 Å². The van der Waals surface area contributed by atoms with Gasteiger partial charge in [0.1, 0.15) is 11.6 Å².